The van der Waals surface area contributed by atoms with Crippen molar-refractivity contribution in [3.63, 3.8) is 0 Å². The smallest absolute Gasteiger partial charge is 0.277 e. The predicted molar refractivity (Wildman–Crippen MR) is 59.8 cm³/mol. The number of carbonyl (C=O) groups excluding carboxylic acids is 1. The van der Waals surface area contributed by atoms with Gasteiger partial charge in [-0.25, -0.2) is 4.39 Å². The molecule has 17 heavy (non-hydrogen) atoms. The molecule has 0 aliphatic heterocycles. The number of carbonyl (C=O) groups is 1. The zero-order valence-corrected chi connectivity index (χ0v) is 9.01. The number of nitrogens with zero attached hydrogens (tertiary/aromatic N) is 3. The molecule has 2 aromatic rings. The van der Waals surface area contributed by atoms with Crippen LogP contribution in [0, 0.1) is 5.82 Å². The Labute approximate surface area is 96.2 Å². The number of benzene rings is 1. The Morgan fingerprint density at radius 3 is 2.88 bits per heavy atom. The molecule has 0 fully saturated rings. The zero-order valence-electron chi connectivity index (χ0n) is 9.01. The van der Waals surface area contributed by atoms with Crippen molar-refractivity contribution >= 4 is 17.3 Å². The number of nitrogen functional groups attached to an aromatic ring is 1. The van der Waals surface area contributed by atoms with Crippen molar-refractivity contribution in [1.29, 1.82) is 0 Å². The van der Waals surface area contributed by atoms with Crippen molar-refractivity contribution in [2.24, 2.45) is 7.05 Å². The van der Waals surface area contributed by atoms with E-state index in [-0.39, 0.29) is 11.4 Å². The number of hydrogen-bond acceptors (Lipinski definition) is 4. The highest BCUT2D eigenvalue weighted by atomic mass is 19.1. The fraction of sp³-hybridized carbons (Fsp3) is 0.100. The van der Waals surface area contributed by atoms with Crippen molar-refractivity contribution in [2.45, 2.75) is 0 Å². The van der Waals surface area contributed by atoms with Gasteiger partial charge in [0.1, 0.15) is 5.82 Å². The molecular formula is C10H10FN5O. The fourth-order valence-corrected chi connectivity index (χ4v) is 1.29. The van der Waals surface area contributed by atoms with Crippen LogP contribution in [0.1, 0.15) is 10.5 Å². The average Bonchev–Trinajstić information content (AvgIpc) is 2.69. The SMILES string of the molecule is Cn1cc(C(=O)Nc2ccc(F)cc2N)nn1. The van der Waals surface area contributed by atoms with Crippen LogP contribution in [0.3, 0.4) is 0 Å². The monoisotopic (exact) mass is 235 g/mol. The summed E-state index contributed by atoms with van der Waals surface area (Å²) in [5, 5.41) is 9.80. The third-order valence-electron chi connectivity index (χ3n) is 2.10. The van der Waals surface area contributed by atoms with Crippen LogP contribution in [0.25, 0.3) is 0 Å². The number of aryl methyl sites for hydroxylation is 1. The van der Waals surface area contributed by atoms with E-state index in [1.54, 1.807) is 7.05 Å². The lowest BCUT2D eigenvalue weighted by Crippen LogP contribution is -2.13. The van der Waals surface area contributed by atoms with Crippen molar-refractivity contribution in [1.82, 2.24) is 15.0 Å². The molecule has 0 saturated carbocycles. The Morgan fingerprint density at radius 2 is 2.29 bits per heavy atom. The van der Waals surface area contributed by atoms with Gasteiger partial charge < -0.3 is 11.1 Å². The molecule has 88 valence electrons. The molecule has 7 heteroatoms. The van der Waals surface area contributed by atoms with E-state index in [0.29, 0.717) is 5.69 Å². The summed E-state index contributed by atoms with van der Waals surface area (Å²) >= 11 is 0. The van der Waals surface area contributed by atoms with Crippen LogP contribution in [-0.2, 0) is 7.05 Å². The Kier molecular flexibility index (Phi) is 2.73. The molecule has 0 aliphatic rings. The average molecular weight is 235 g/mol. The molecule has 0 bridgehead atoms. The Hall–Kier alpha value is -2.44. The van der Waals surface area contributed by atoms with E-state index in [2.05, 4.69) is 15.6 Å². The van der Waals surface area contributed by atoms with Crippen LogP contribution in [0.15, 0.2) is 24.4 Å². The van der Waals surface area contributed by atoms with E-state index >= 15 is 0 Å². The number of halogens is 1. The molecule has 1 aromatic carbocycles. The lowest BCUT2D eigenvalue weighted by molar-refractivity contribution is 0.102. The van der Waals surface area contributed by atoms with Crippen molar-refractivity contribution in [3.8, 4) is 0 Å². The topological polar surface area (TPSA) is 85.8 Å². The maximum atomic E-state index is 12.8. The second kappa shape index (κ2) is 4.20. The molecule has 3 N–H and O–H groups in total. The summed E-state index contributed by atoms with van der Waals surface area (Å²) in [5.41, 5.74) is 6.21. The molecule has 1 aromatic heterocycles. The molecule has 0 radical (unpaired) electrons. The lowest BCUT2D eigenvalue weighted by Gasteiger charge is -2.06. The minimum Gasteiger partial charge on any atom is -0.397 e. The molecule has 0 spiro atoms. The maximum absolute atomic E-state index is 12.8. The molecule has 0 atom stereocenters. The van der Waals surface area contributed by atoms with E-state index in [4.69, 9.17) is 5.73 Å². The molecule has 1 amide bonds. The van der Waals surface area contributed by atoms with Gasteiger partial charge in [0.25, 0.3) is 5.91 Å². The fourth-order valence-electron chi connectivity index (χ4n) is 1.29. The summed E-state index contributed by atoms with van der Waals surface area (Å²) in [7, 11) is 1.65. The van der Waals surface area contributed by atoms with E-state index in [1.165, 1.54) is 23.0 Å². The van der Waals surface area contributed by atoms with E-state index in [1.807, 2.05) is 0 Å². The molecule has 2 rings (SSSR count). The van der Waals surface area contributed by atoms with Crippen LogP contribution in [-0.4, -0.2) is 20.9 Å². The Balaban J connectivity index is 2.18. The summed E-state index contributed by atoms with van der Waals surface area (Å²) < 4.78 is 14.2. The van der Waals surface area contributed by atoms with E-state index in [9.17, 15) is 9.18 Å². The Bertz CT molecular complexity index is 566. The minimum absolute atomic E-state index is 0.155. The summed E-state index contributed by atoms with van der Waals surface area (Å²) in [5.74, 6) is -0.906. The van der Waals surface area contributed by atoms with Gasteiger partial charge in [0, 0.05) is 7.05 Å². The molecule has 0 unspecified atom stereocenters. The van der Waals surface area contributed by atoms with Gasteiger partial charge in [-0.1, -0.05) is 5.21 Å². The van der Waals surface area contributed by atoms with Gasteiger partial charge in [-0.05, 0) is 18.2 Å². The van der Waals surface area contributed by atoms with Crippen LogP contribution in [0.4, 0.5) is 15.8 Å². The van der Waals surface area contributed by atoms with Crippen molar-refractivity contribution < 1.29 is 9.18 Å². The highest BCUT2D eigenvalue weighted by Gasteiger charge is 2.11. The van der Waals surface area contributed by atoms with Crippen LogP contribution < -0.4 is 11.1 Å². The van der Waals surface area contributed by atoms with Gasteiger partial charge in [0.05, 0.1) is 17.6 Å². The summed E-state index contributed by atoms with van der Waals surface area (Å²) in [6.45, 7) is 0. The van der Waals surface area contributed by atoms with Gasteiger partial charge in [0.15, 0.2) is 5.69 Å². The summed E-state index contributed by atoms with van der Waals surface area (Å²) in [6, 6.07) is 3.73. The number of nitrogens with one attached hydrogen (secondary N) is 1. The first-order valence-corrected chi connectivity index (χ1v) is 4.79. The second-order valence-electron chi connectivity index (χ2n) is 3.46. The third-order valence-corrected chi connectivity index (χ3v) is 2.10. The number of anilines is 2. The molecule has 6 nitrogen and oxygen atoms in total. The van der Waals surface area contributed by atoms with Gasteiger partial charge in [-0.15, -0.1) is 5.10 Å². The quantitative estimate of drug-likeness (QED) is 0.753. The van der Waals surface area contributed by atoms with Gasteiger partial charge in [-0.3, -0.25) is 9.48 Å². The highest BCUT2D eigenvalue weighted by Crippen LogP contribution is 2.19. The van der Waals surface area contributed by atoms with Crippen molar-refractivity contribution in [2.75, 3.05) is 11.1 Å². The number of amides is 1. The third kappa shape index (κ3) is 2.39. The summed E-state index contributed by atoms with van der Waals surface area (Å²) in [6.07, 6.45) is 1.47. The van der Waals surface area contributed by atoms with E-state index in [0.717, 1.165) is 6.07 Å². The van der Waals surface area contributed by atoms with Gasteiger partial charge in [0.2, 0.25) is 0 Å². The highest BCUT2D eigenvalue weighted by molar-refractivity contribution is 6.04. The van der Waals surface area contributed by atoms with Gasteiger partial charge in [-0.2, -0.15) is 0 Å². The van der Waals surface area contributed by atoms with Crippen molar-refractivity contribution in [3.05, 3.63) is 35.9 Å². The standard InChI is InChI=1S/C10H10FN5O/c1-16-5-9(14-15-16)10(17)13-8-3-2-6(11)4-7(8)12/h2-5H,12H2,1H3,(H,13,17). The number of nitrogens with two attached hydrogens (primary N) is 1. The molecular weight excluding hydrogens is 225 g/mol. The van der Waals surface area contributed by atoms with E-state index < -0.39 is 11.7 Å². The predicted octanol–water partition coefficient (Wildman–Crippen LogP) is 0.789. The number of rotatable bonds is 2. The van der Waals surface area contributed by atoms with Crippen LogP contribution in [0.5, 0.6) is 0 Å². The van der Waals surface area contributed by atoms with Crippen LogP contribution in [0.2, 0.25) is 0 Å². The molecule has 0 aliphatic carbocycles. The second-order valence-corrected chi connectivity index (χ2v) is 3.46. The summed E-state index contributed by atoms with van der Waals surface area (Å²) in [4.78, 5) is 11.7. The maximum Gasteiger partial charge on any atom is 0.277 e. The number of aromatic nitrogens is 3. The Morgan fingerprint density at radius 1 is 1.53 bits per heavy atom. The zero-order chi connectivity index (χ0) is 12.4. The first kappa shape index (κ1) is 11.1. The first-order chi connectivity index (χ1) is 8.06. The largest absolute Gasteiger partial charge is 0.397 e. The lowest BCUT2D eigenvalue weighted by atomic mass is 10.2. The molecule has 1 heterocycles. The first-order valence-electron chi connectivity index (χ1n) is 4.79. The van der Waals surface area contributed by atoms with Crippen LogP contribution >= 0.6 is 0 Å². The normalized spacial score (nSPS) is 10.2. The van der Waals surface area contributed by atoms with Gasteiger partial charge >= 0.3 is 0 Å². The minimum atomic E-state index is -0.458. The number of hydrogen-bond donors (Lipinski definition) is 2. The molecule has 0 saturated heterocycles.